The van der Waals surface area contributed by atoms with Gasteiger partial charge in [0.05, 0.1) is 6.54 Å². The summed E-state index contributed by atoms with van der Waals surface area (Å²) in [5, 5.41) is 9.05. The van der Waals surface area contributed by atoms with Crippen molar-refractivity contribution in [3.8, 4) is 0 Å². The Bertz CT molecular complexity index is 361. The Morgan fingerprint density at radius 1 is 1.15 bits per heavy atom. The van der Waals surface area contributed by atoms with Crippen LogP contribution in [-0.4, -0.2) is 78.1 Å². The molecule has 6 nitrogen and oxygen atoms in total. The third-order valence-electron chi connectivity index (χ3n) is 4.16. The number of urea groups is 1. The van der Waals surface area contributed by atoms with Crippen molar-refractivity contribution in [1.29, 1.82) is 0 Å². The minimum atomic E-state index is -0.752. The minimum absolute atomic E-state index is 0.0513. The van der Waals surface area contributed by atoms with Crippen molar-refractivity contribution in [2.45, 2.75) is 31.7 Å². The van der Waals surface area contributed by atoms with Gasteiger partial charge in [0, 0.05) is 39.8 Å². The summed E-state index contributed by atoms with van der Waals surface area (Å²) in [6.07, 6.45) is 4.21. The number of carboxylic acids is 1. The number of hydrogen-bond donors (Lipinski definition) is 1. The fourth-order valence-corrected chi connectivity index (χ4v) is 2.85. The van der Waals surface area contributed by atoms with E-state index in [-0.39, 0.29) is 12.6 Å². The average molecular weight is 283 g/mol. The van der Waals surface area contributed by atoms with Crippen molar-refractivity contribution >= 4 is 12.0 Å². The lowest BCUT2D eigenvalue weighted by molar-refractivity contribution is -0.139. The number of nitrogens with zero attached hydrogens (tertiary/aromatic N) is 3. The van der Waals surface area contributed by atoms with Crippen molar-refractivity contribution in [1.82, 2.24) is 14.7 Å². The van der Waals surface area contributed by atoms with Crippen LogP contribution in [0.4, 0.5) is 4.79 Å². The largest absolute Gasteiger partial charge is 0.480 e. The Morgan fingerprint density at radius 3 is 2.20 bits per heavy atom. The molecule has 6 heteroatoms. The highest BCUT2D eigenvalue weighted by Gasteiger charge is 2.32. The standard InChI is InChI=1S/C14H25N3O3/c1-15(2)14(20)16-7-5-12(6-8-16)17(10-13(18)19)9-11-3-4-11/h11-12H,3-10H2,1-2H3,(H,18,19). The van der Waals surface area contributed by atoms with Gasteiger partial charge in [-0.3, -0.25) is 9.69 Å². The van der Waals surface area contributed by atoms with Crippen LogP contribution in [0.3, 0.4) is 0 Å². The molecule has 0 radical (unpaired) electrons. The van der Waals surface area contributed by atoms with Crippen molar-refractivity contribution in [2.24, 2.45) is 5.92 Å². The van der Waals surface area contributed by atoms with Crippen molar-refractivity contribution in [3.05, 3.63) is 0 Å². The topological polar surface area (TPSA) is 64.1 Å². The molecule has 0 aromatic rings. The van der Waals surface area contributed by atoms with Gasteiger partial charge < -0.3 is 14.9 Å². The van der Waals surface area contributed by atoms with Crippen LogP contribution in [0.1, 0.15) is 25.7 Å². The number of likely N-dealkylation sites (tertiary alicyclic amines) is 1. The number of carbonyl (C=O) groups is 2. The van der Waals surface area contributed by atoms with Crippen molar-refractivity contribution in [2.75, 3.05) is 40.3 Å². The van der Waals surface area contributed by atoms with Gasteiger partial charge in [0.1, 0.15) is 0 Å². The van der Waals surface area contributed by atoms with E-state index in [1.54, 1.807) is 19.0 Å². The van der Waals surface area contributed by atoms with Crippen LogP contribution in [0, 0.1) is 5.92 Å². The molecule has 114 valence electrons. The van der Waals surface area contributed by atoms with E-state index in [1.807, 2.05) is 4.90 Å². The van der Waals surface area contributed by atoms with E-state index in [4.69, 9.17) is 5.11 Å². The van der Waals surface area contributed by atoms with Crippen molar-refractivity contribution < 1.29 is 14.7 Å². The molecule has 1 saturated carbocycles. The van der Waals surface area contributed by atoms with Gasteiger partial charge in [-0.25, -0.2) is 4.79 Å². The molecule has 1 aliphatic carbocycles. The molecule has 1 heterocycles. The highest BCUT2D eigenvalue weighted by Crippen LogP contribution is 2.31. The SMILES string of the molecule is CN(C)C(=O)N1CCC(N(CC(=O)O)CC2CC2)CC1. The first-order chi connectivity index (χ1) is 9.47. The lowest BCUT2D eigenvalue weighted by Crippen LogP contribution is -2.50. The van der Waals surface area contributed by atoms with Gasteiger partial charge in [-0.15, -0.1) is 0 Å². The van der Waals surface area contributed by atoms with Crippen LogP contribution in [0.2, 0.25) is 0 Å². The minimum Gasteiger partial charge on any atom is -0.480 e. The highest BCUT2D eigenvalue weighted by molar-refractivity contribution is 5.73. The molecule has 20 heavy (non-hydrogen) atoms. The predicted molar refractivity (Wildman–Crippen MR) is 75.6 cm³/mol. The number of amides is 2. The van der Waals surface area contributed by atoms with E-state index in [9.17, 15) is 9.59 Å². The summed E-state index contributed by atoms with van der Waals surface area (Å²) in [5.41, 5.74) is 0. The lowest BCUT2D eigenvalue weighted by atomic mass is 10.0. The third-order valence-corrected chi connectivity index (χ3v) is 4.16. The summed E-state index contributed by atoms with van der Waals surface area (Å²) >= 11 is 0. The number of hydrogen-bond acceptors (Lipinski definition) is 3. The molecule has 1 N–H and O–H groups in total. The Morgan fingerprint density at radius 2 is 1.75 bits per heavy atom. The molecular formula is C14H25N3O3. The van der Waals surface area contributed by atoms with Gasteiger partial charge in [-0.1, -0.05) is 0 Å². The van der Waals surface area contributed by atoms with Crippen LogP contribution in [0.5, 0.6) is 0 Å². The van der Waals surface area contributed by atoms with Gasteiger partial charge in [0.15, 0.2) is 0 Å². The second-order valence-corrected chi connectivity index (χ2v) is 6.16. The molecule has 0 atom stereocenters. The molecule has 0 bridgehead atoms. The lowest BCUT2D eigenvalue weighted by Gasteiger charge is -2.38. The molecule has 2 amide bonds. The quantitative estimate of drug-likeness (QED) is 0.815. The van der Waals surface area contributed by atoms with E-state index in [1.165, 1.54) is 12.8 Å². The first kappa shape index (κ1) is 15.1. The first-order valence-electron chi connectivity index (χ1n) is 7.39. The van der Waals surface area contributed by atoms with Gasteiger partial charge in [-0.2, -0.15) is 0 Å². The number of piperidine rings is 1. The van der Waals surface area contributed by atoms with E-state index >= 15 is 0 Å². The molecule has 2 rings (SSSR count). The maximum Gasteiger partial charge on any atom is 0.319 e. The molecular weight excluding hydrogens is 258 g/mol. The Labute approximate surface area is 120 Å². The molecule has 2 fully saturated rings. The van der Waals surface area contributed by atoms with Gasteiger partial charge in [0.2, 0.25) is 0 Å². The Kier molecular flexibility index (Phi) is 4.86. The summed E-state index contributed by atoms with van der Waals surface area (Å²) in [4.78, 5) is 28.4. The van der Waals surface area contributed by atoms with E-state index in [2.05, 4.69) is 4.90 Å². The molecule has 0 unspecified atom stereocenters. The second kappa shape index (κ2) is 6.43. The fourth-order valence-electron chi connectivity index (χ4n) is 2.85. The smallest absolute Gasteiger partial charge is 0.319 e. The van der Waals surface area contributed by atoms with Gasteiger partial charge in [-0.05, 0) is 31.6 Å². The molecule has 2 aliphatic rings. The zero-order valence-corrected chi connectivity index (χ0v) is 12.4. The normalized spacial score (nSPS) is 20.2. The molecule has 1 saturated heterocycles. The van der Waals surface area contributed by atoms with Crippen LogP contribution in [0.15, 0.2) is 0 Å². The van der Waals surface area contributed by atoms with E-state index < -0.39 is 5.97 Å². The van der Waals surface area contributed by atoms with Crippen molar-refractivity contribution in [3.63, 3.8) is 0 Å². The third kappa shape index (κ3) is 4.10. The van der Waals surface area contributed by atoms with E-state index in [0.717, 1.165) is 32.5 Å². The molecule has 0 aromatic carbocycles. The molecule has 0 aromatic heterocycles. The highest BCUT2D eigenvalue weighted by atomic mass is 16.4. The fraction of sp³-hybridized carbons (Fsp3) is 0.857. The Hall–Kier alpha value is -1.30. The maximum atomic E-state index is 11.9. The van der Waals surface area contributed by atoms with Crippen LogP contribution >= 0.6 is 0 Å². The zero-order chi connectivity index (χ0) is 14.7. The summed E-state index contributed by atoms with van der Waals surface area (Å²) in [6, 6.07) is 0.355. The van der Waals surface area contributed by atoms with Crippen LogP contribution in [0.25, 0.3) is 0 Å². The van der Waals surface area contributed by atoms with E-state index in [0.29, 0.717) is 12.0 Å². The zero-order valence-electron chi connectivity index (χ0n) is 12.4. The van der Waals surface area contributed by atoms with Crippen LogP contribution in [-0.2, 0) is 4.79 Å². The monoisotopic (exact) mass is 283 g/mol. The summed E-state index contributed by atoms with van der Waals surface area (Å²) < 4.78 is 0. The first-order valence-corrected chi connectivity index (χ1v) is 7.39. The molecule has 1 aliphatic heterocycles. The number of aliphatic carboxylic acids is 1. The predicted octanol–water partition coefficient (Wildman–Crippen LogP) is 0.929. The second-order valence-electron chi connectivity index (χ2n) is 6.16. The summed E-state index contributed by atoms with van der Waals surface area (Å²) in [7, 11) is 3.52. The number of rotatable bonds is 5. The summed E-state index contributed by atoms with van der Waals surface area (Å²) in [5.74, 6) is -0.0618. The van der Waals surface area contributed by atoms with Gasteiger partial charge >= 0.3 is 12.0 Å². The maximum absolute atomic E-state index is 11.9. The number of carboxylic acid groups (broad SMARTS) is 1. The molecule has 0 spiro atoms. The summed E-state index contributed by atoms with van der Waals surface area (Å²) in [6.45, 7) is 2.48. The van der Waals surface area contributed by atoms with Crippen LogP contribution < -0.4 is 0 Å². The average Bonchev–Trinajstić information content (AvgIpc) is 3.20. The van der Waals surface area contributed by atoms with Gasteiger partial charge in [0.25, 0.3) is 0 Å². The Balaban J connectivity index is 1.85. The number of carbonyl (C=O) groups excluding carboxylic acids is 1.